The number of benzene rings is 1. The number of amides is 1. The van der Waals surface area contributed by atoms with E-state index in [4.69, 9.17) is 4.52 Å². The summed E-state index contributed by atoms with van der Waals surface area (Å²) in [6.07, 6.45) is 2.45. The number of carbonyl (C=O) groups excluding carboxylic acids is 2. The number of aliphatic carboxylic acids is 1. The second-order valence-electron chi connectivity index (χ2n) is 6.76. The number of carbonyl (C=O) groups is 2. The summed E-state index contributed by atoms with van der Waals surface area (Å²) in [7, 11) is -3.86. The molecule has 1 aliphatic carbocycles. The summed E-state index contributed by atoms with van der Waals surface area (Å²) < 4.78 is 31.8. The molecule has 1 amide bonds. The summed E-state index contributed by atoms with van der Waals surface area (Å²) in [6, 6.07) is 7.00. The van der Waals surface area contributed by atoms with E-state index in [0.29, 0.717) is 24.3 Å². The van der Waals surface area contributed by atoms with Crippen LogP contribution in [-0.4, -0.2) is 25.5 Å². The van der Waals surface area contributed by atoms with Crippen LogP contribution in [0.1, 0.15) is 31.4 Å². The molecular weight excluding hydrogens is 386 g/mol. The Labute approximate surface area is 162 Å². The lowest BCUT2D eigenvalue weighted by Gasteiger charge is -2.31. The third kappa shape index (κ3) is 4.50. The van der Waals surface area contributed by atoms with Crippen molar-refractivity contribution in [2.45, 2.75) is 37.5 Å². The number of hydrogen-bond acceptors (Lipinski definition) is 7. The molecule has 2 aromatic rings. The van der Waals surface area contributed by atoms with Crippen molar-refractivity contribution >= 4 is 33.4 Å². The van der Waals surface area contributed by atoms with Gasteiger partial charge in [-0.05, 0) is 44.0 Å². The Kier molecular flexibility index (Phi) is 5.68. The summed E-state index contributed by atoms with van der Waals surface area (Å²) >= 11 is 0. The first-order valence-corrected chi connectivity index (χ1v) is 10.3. The highest BCUT2D eigenvalue weighted by atomic mass is 32.2. The van der Waals surface area contributed by atoms with Gasteiger partial charge < -0.3 is 19.7 Å². The molecule has 0 aliphatic heterocycles. The molecule has 1 saturated carbocycles. The van der Waals surface area contributed by atoms with Crippen LogP contribution in [0.15, 0.2) is 39.8 Å². The van der Waals surface area contributed by atoms with E-state index in [0.717, 1.165) is 12.8 Å². The van der Waals surface area contributed by atoms with Crippen LogP contribution in [-0.2, 0) is 19.6 Å². The molecule has 10 heteroatoms. The van der Waals surface area contributed by atoms with Gasteiger partial charge in [-0.3, -0.25) is 9.52 Å². The molecule has 0 unspecified atom stereocenters. The normalized spacial score (nSPS) is 19.8. The van der Waals surface area contributed by atoms with Crippen LogP contribution in [0.3, 0.4) is 0 Å². The van der Waals surface area contributed by atoms with Crippen LogP contribution >= 0.6 is 0 Å². The minimum Gasteiger partial charge on any atom is -0.550 e. The number of nitrogens with one attached hydrogen (secondary N) is 2. The number of carboxylic acid groups (broad SMARTS) is 1. The Morgan fingerprint density at radius 2 is 1.79 bits per heavy atom. The molecule has 1 aromatic heterocycles. The zero-order valence-corrected chi connectivity index (χ0v) is 16.0. The number of anilines is 2. The van der Waals surface area contributed by atoms with Crippen molar-refractivity contribution in [3.63, 3.8) is 0 Å². The van der Waals surface area contributed by atoms with E-state index in [-0.39, 0.29) is 10.7 Å². The predicted molar refractivity (Wildman–Crippen MR) is 97.6 cm³/mol. The molecule has 2 N–H and O–H groups in total. The highest BCUT2D eigenvalue weighted by molar-refractivity contribution is 7.92. The van der Waals surface area contributed by atoms with Crippen LogP contribution in [0.2, 0.25) is 0 Å². The summed E-state index contributed by atoms with van der Waals surface area (Å²) in [5, 5.41) is 17.5. The lowest BCUT2D eigenvalue weighted by atomic mass is 9.78. The Morgan fingerprint density at radius 1 is 1.14 bits per heavy atom. The Balaban J connectivity index is 1.68. The van der Waals surface area contributed by atoms with Gasteiger partial charge in [-0.1, -0.05) is 18.0 Å². The maximum absolute atomic E-state index is 12.5. The average molecular weight is 406 g/mol. The molecule has 9 nitrogen and oxygen atoms in total. The molecule has 0 bridgehead atoms. The lowest BCUT2D eigenvalue weighted by molar-refractivity contribution is -0.313. The van der Waals surface area contributed by atoms with Gasteiger partial charge in [0.15, 0.2) is 5.82 Å². The van der Waals surface area contributed by atoms with Gasteiger partial charge in [-0.25, -0.2) is 8.42 Å². The van der Waals surface area contributed by atoms with E-state index in [9.17, 15) is 23.1 Å². The van der Waals surface area contributed by atoms with Crippen LogP contribution in [0.5, 0.6) is 0 Å². The topological polar surface area (TPSA) is 141 Å². The van der Waals surface area contributed by atoms with Gasteiger partial charge in [-0.2, -0.15) is 0 Å². The highest BCUT2D eigenvalue weighted by Gasteiger charge is 2.31. The van der Waals surface area contributed by atoms with E-state index in [2.05, 4.69) is 15.2 Å². The molecule has 1 aliphatic rings. The van der Waals surface area contributed by atoms with Gasteiger partial charge in [0.2, 0.25) is 5.91 Å². The fourth-order valence-electron chi connectivity index (χ4n) is 3.29. The molecule has 0 saturated heterocycles. The number of nitrogens with zero attached hydrogens (tertiary/aromatic N) is 1. The molecule has 1 aromatic carbocycles. The maximum Gasteiger partial charge on any atom is 0.263 e. The van der Waals surface area contributed by atoms with Gasteiger partial charge in [0.05, 0.1) is 4.90 Å². The number of aromatic nitrogens is 1. The number of sulfonamides is 1. The second-order valence-corrected chi connectivity index (χ2v) is 8.44. The van der Waals surface area contributed by atoms with Crippen LogP contribution in [0.25, 0.3) is 0 Å². The van der Waals surface area contributed by atoms with Crippen molar-refractivity contribution in [1.29, 1.82) is 0 Å². The van der Waals surface area contributed by atoms with Gasteiger partial charge in [0.1, 0.15) is 5.76 Å². The van der Waals surface area contributed by atoms with E-state index < -0.39 is 33.7 Å². The van der Waals surface area contributed by atoms with Gasteiger partial charge >= 0.3 is 0 Å². The van der Waals surface area contributed by atoms with Crippen LogP contribution < -0.4 is 15.1 Å². The van der Waals surface area contributed by atoms with Crippen LogP contribution in [0.4, 0.5) is 11.5 Å². The number of carboxylic acids is 1. The fourth-order valence-corrected chi connectivity index (χ4v) is 4.27. The fraction of sp³-hybridized carbons (Fsp3) is 0.389. The molecule has 1 fully saturated rings. The van der Waals surface area contributed by atoms with Crippen LogP contribution in [0, 0.1) is 18.8 Å². The zero-order chi connectivity index (χ0) is 20.3. The second kappa shape index (κ2) is 8.01. The Morgan fingerprint density at radius 3 is 2.36 bits per heavy atom. The summed E-state index contributed by atoms with van der Waals surface area (Å²) in [5.41, 5.74) is 0.379. The van der Waals surface area contributed by atoms with E-state index in [1.165, 1.54) is 30.3 Å². The number of aryl methyl sites for hydroxylation is 1. The highest BCUT2D eigenvalue weighted by Crippen LogP contribution is 2.31. The molecular formula is C18H20N3O6S-. The van der Waals surface area contributed by atoms with Crippen molar-refractivity contribution in [2.75, 3.05) is 10.0 Å². The van der Waals surface area contributed by atoms with Crippen molar-refractivity contribution in [3.05, 3.63) is 36.1 Å². The molecule has 28 heavy (non-hydrogen) atoms. The first-order valence-electron chi connectivity index (χ1n) is 8.84. The molecule has 3 rings (SSSR count). The zero-order valence-electron chi connectivity index (χ0n) is 15.2. The first kappa shape index (κ1) is 19.9. The molecule has 150 valence electrons. The molecule has 2 atom stereocenters. The van der Waals surface area contributed by atoms with E-state index in [1.807, 2.05) is 0 Å². The third-order valence-electron chi connectivity index (χ3n) is 4.70. The maximum atomic E-state index is 12.5. The molecule has 0 spiro atoms. The van der Waals surface area contributed by atoms with Crippen molar-refractivity contribution in [3.8, 4) is 0 Å². The summed E-state index contributed by atoms with van der Waals surface area (Å²) in [6.45, 7) is 1.64. The van der Waals surface area contributed by atoms with Gasteiger partial charge in [0.25, 0.3) is 10.0 Å². The summed E-state index contributed by atoms with van der Waals surface area (Å²) in [4.78, 5) is 23.7. The van der Waals surface area contributed by atoms with Crippen molar-refractivity contribution < 1.29 is 27.6 Å². The smallest absolute Gasteiger partial charge is 0.263 e. The quantitative estimate of drug-likeness (QED) is 0.736. The molecule has 0 radical (unpaired) electrons. The van der Waals surface area contributed by atoms with Gasteiger partial charge in [-0.15, -0.1) is 0 Å². The third-order valence-corrected chi connectivity index (χ3v) is 6.08. The number of rotatable bonds is 6. The lowest BCUT2D eigenvalue weighted by Crippen LogP contribution is -2.42. The first-order chi connectivity index (χ1) is 13.3. The minimum atomic E-state index is -3.86. The van der Waals surface area contributed by atoms with E-state index in [1.54, 1.807) is 6.92 Å². The van der Waals surface area contributed by atoms with E-state index >= 15 is 0 Å². The van der Waals surface area contributed by atoms with Crippen molar-refractivity contribution in [2.24, 2.45) is 11.8 Å². The number of hydrogen-bond donors (Lipinski definition) is 2. The van der Waals surface area contributed by atoms with Gasteiger partial charge in [0, 0.05) is 29.6 Å². The van der Waals surface area contributed by atoms with Crippen molar-refractivity contribution in [1.82, 2.24) is 5.16 Å². The monoisotopic (exact) mass is 406 g/mol. The minimum absolute atomic E-state index is 0.0172. The SMILES string of the molecule is Cc1cc(NS(=O)(=O)c2ccc(NC(=O)[C@H]3CCCC[C@@H]3C(=O)[O-])cc2)no1. The summed E-state index contributed by atoms with van der Waals surface area (Å²) in [5.74, 6) is -2.53. The Bertz CT molecular complexity index is 967. The predicted octanol–water partition coefficient (Wildman–Crippen LogP) is 1.28. The average Bonchev–Trinajstić information content (AvgIpc) is 3.06. The Hall–Kier alpha value is -2.88. The standard InChI is InChI=1S/C18H21N3O6S/c1-11-10-16(20-27-11)21-28(25,26)13-8-6-12(7-9-13)19-17(22)14-4-2-3-5-15(14)18(23)24/h6-10,14-15H,2-5H2,1H3,(H,19,22)(H,20,21)(H,23,24)/p-1/t14-,15-/m0/s1. The molecule has 1 heterocycles. The largest absolute Gasteiger partial charge is 0.550 e.